The number of anilines is 1. The SMILES string of the molecule is Ic1cncnc1N1CCCSCC1. The molecule has 0 amide bonds. The van der Waals surface area contributed by atoms with Gasteiger partial charge in [0.2, 0.25) is 0 Å². The van der Waals surface area contributed by atoms with Gasteiger partial charge < -0.3 is 4.90 Å². The van der Waals surface area contributed by atoms with Crippen molar-refractivity contribution in [2.75, 3.05) is 29.5 Å². The predicted octanol–water partition coefficient (Wildman–Crippen LogP) is 2.02. The molecule has 1 aliphatic heterocycles. The lowest BCUT2D eigenvalue weighted by Gasteiger charge is -2.21. The van der Waals surface area contributed by atoms with Crippen molar-refractivity contribution in [2.24, 2.45) is 0 Å². The third-order valence-electron chi connectivity index (χ3n) is 2.17. The van der Waals surface area contributed by atoms with Gasteiger partial charge in [0.15, 0.2) is 0 Å². The van der Waals surface area contributed by atoms with Crippen LogP contribution in [0.15, 0.2) is 12.5 Å². The summed E-state index contributed by atoms with van der Waals surface area (Å²) in [5.41, 5.74) is 0. The number of hydrogen-bond donors (Lipinski definition) is 0. The maximum atomic E-state index is 4.34. The van der Waals surface area contributed by atoms with Crippen LogP contribution in [0, 0.1) is 3.57 Å². The maximum absolute atomic E-state index is 4.34. The van der Waals surface area contributed by atoms with Gasteiger partial charge in [0.25, 0.3) is 0 Å². The monoisotopic (exact) mass is 321 g/mol. The fourth-order valence-electron chi connectivity index (χ4n) is 1.50. The highest BCUT2D eigenvalue weighted by Crippen LogP contribution is 2.21. The fourth-order valence-corrected chi connectivity index (χ4v) is 3.02. The van der Waals surface area contributed by atoms with Crippen LogP contribution in [-0.2, 0) is 0 Å². The van der Waals surface area contributed by atoms with E-state index in [1.165, 1.54) is 17.9 Å². The zero-order valence-electron chi connectivity index (χ0n) is 7.82. The van der Waals surface area contributed by atoms with Gasteiger partial charge in [-0.25, -0.2) is 9.97 Å². The topological polar surface area (TPSA) is 29.0 Å². The summed E-state index contributed by atoms with van der Waals surface area (Å²) in [5.74, 6) is 3.58. The molecular formula is C9H12IN3S. The van der Waals surface area contributed by atoms with Crippen LogP contribution in [0.2, 0.25) is 0 Å². The quantitative estimate of drug-likeness (QED) is 0.740. The van der Waals surface area contributed by atoms with Gasteiger partial charge in [0.1, 0.15) is 12.1 Å². The first-order valence-electron chi connectivity index (χ1n) is 4.66. The van der Waals surface area contributed by atoms with Gasteiger partial charge in [-0.3, -0.25) is 0 Å². The minimum Gasteiger partial charge on any atom is -0.355 e. The molecule has 2 rings (SSSR count). The molecule has 14 heavy (non-hydrogen) atoms. The summed E-state index contributed by atoms with van der Waals surface area (Å²) in [5, 5.41) is 0. The van der Waals surface area contributed by atoms with E-state index < -0.39 is 0 Å². The van der Waals surface area contributed by atoms with E-state index in [0.717, 1.165) is 22.5 Å². The molecule has 0 atom stereocenters. The van der Waals surface area contributed by atoms with Gasteiger partial charge in [-0.15, -0.1) is 0 Å². The summed E-state index contributed by atoms with van der Waals surface area (Å²) in [7, 11) is 0. The molecule has 0 saturated carbocycles. The molecule has 0 bridgehead atoms. The Bertz CT molecular complexity index is 300. The van der Waals surface area contributed by atoms with Crippen LogP contribution in [0.3, 0.4) is 0 Å². The molecule has 1 aromatic heterocycles. The van der Waals surface area contributed by atoms with E-state index in [1.54, 1.807) is 6.33 Å². The summed E-state index contributed by atoms with van der Waals surface area (Å²) in [4.78, 5) is 10.7. The molecule has 1 saturated heterocycles. The Kier molecular flexibility index (Phi) is 3.86. The van der Waals surface area contributed by atoms with Crippen molar-refractivity contribution < 1.29 is 0 Å². The van der Waals surface area contributed by atoms with Crippen molar-refractivity contribution in [2.45, 2.75) is 6.42 Å². The number of rotatable bonds is 1. The van der Waals surface area contributed by atoms with Crippen LogP contribution in [0.25, 0.3) is 0 Å². The van der Waals surface area contributed by atoms with Gasteiger partial charge in [0.05, 0.1) is 3.57 Å². The predicted molar refractivity (Wildman–Crippen MR) is 68.9 cm³/mol. The Balaban J connectivity index is 2.16. The molecule has 0 aliphatic carbocycles. The molecule has 0 aromatic carbocycles. The highest BCUT2D eigenvalue weighted by molar-refractivity contribution is 14.1. The lowest BCUT2D eigenvalue weighted by Crippen LogP contribution is -2.27. The van der Waals surface area contributed by atoms with Crippen molar-refractivity contribution in [3.05, 3.63) is 16.1 Å². The average Bonchev–Trinajstić information content (AvgIpc) is 2.47. The molecule has 0 radical (unpaired) electrons. The molecule has 1 aromatic rings. The van der Waals surface area contributed by atoms with Gasteiger partial charge in [-0.05, 0) is 34.8 Å². The Morgan fingerprint density at radius 3 is 3.14 bits per heavy atom. The molecule has 3 nitrogen and oxygen atoms in total. The standard InChI is InChI=1S/C9H12IN3S/c10-8-6-11-7-12-9(8)13-2-1-4-14-5-3-13/h6-7H,1-5H2. The van der Waals surface area contributed by atoms with Crippen molar-refractivity contribution in [3.8, 4) is 0 Å². The highest BCUT2D eigenvalue weighted by atomic mass is 127. The smallest absolute Gasteiger partial charge is 0.145 e. The molecule has 0 N–H and O–H groups in total. The number of halogens is 1. The third kappa shape index (κ3) is 2.50. The average molecular weight is 321 g/mol. The second-order valence-corrected chi connectivity index (χ2v) is 5.53. The van der Waals surface area contributed by atoms with Gasteiger partial charge in [-0.1, -0.05) is 0 Å². The van der Waals surface area contributed by atoms with E-state index in [0.29, 0.717) is 0 Å². The number of aromatic nitrogens is 2. The zero-order valence-corrected chi connectivity index (χ0v) is 10.8. The zero-order chi connectivity index (χ0) is 9.80. The number of thioether (sulfide) groups is 1. The molecule has 0 spiro atoms. The second kappa shape index (κ2) is 5.16. The first-order chi connectivity index (χ1) is 6.88. The molecular weight excluding hydrogens is 309 g/mol. The molecule has 1 fully saturated rings. The first-order valence-corrected chi connectivity index (χ1v) is 6.89. The largest absolute Gasteiger partial charge is 0.355 e. The summed E-state index contributed by atoms with van der Waals surface area (Å²) >= 11 is 4.33. The first kappa shape index (κ1) is 10.5. The van der Waals surface area contributed by atoms with Crippen LogP contribution < -0.4 is 4.90 Å². The highest BCUT2D eigenvalue weighted by Gasteiger charge is 2.13. The van der Waals surface area contributed by atoms with E-state index in [4.69, 9.17) is 0 Å². The molecule has 5 heteroatoms. The minimum absolute atomic E-state index is 1.10. The summed E-state index contributed by atoms with van der Waals surface area (Å²) in [6, 6.07) is 0. The van der Waals surface area contributed by atoms with Crippen LogP contribution >= 0.6 is 34.4 Å². The van der Waals surface area contributed by atoms with Crippen LogP contribution in [0.1, 0.15) is 6.42 Å². The Hall–Kier alpha value is -0.0400. The van der Waals surface area contributed by atoms with Crippen LogP contribution in [0.4, 0.5) is 5.82 Å². The van der Waals surface area contributed by atoms with Crippen LogP contribution in [0.5, 0.6) is 0 Å². The lowest BCUT2D eigenvalue weighted by molar-refractivity contribution is 0.795. The summed E-state index contributed by atoms with van der Waals surface area (Å²) in [6.45, 7) is 2.23. The van der Waals surface area contributed by atoms with E-state index in [-0.39, 0.29) is 0 Å². The fraction of sp³-hybridized carbons (Fsp3) is 0.556. The summed E-state index contributed by atoms with van der Waals surface area (Å²) < 4.78 is 1.15. The lowest BCUT2D eigenvalue weighted by atomic mass is 10.4. The Morgan fingerprint density at radius 2 is 2.29 bits per heavy atom. The van der Waals surface area contributed by atoms with Crippen molar-refractivity contribution >= 4 is 40.2 Å². The molecule has 1 aliphatic rings. The van der Waals surface area contributed by atoms with Crippen molar-refractivity contribution in [1.82, 2.24) is 9.97 Å². The van der Waals surface area contributed by atoms with Crippen LogP contribution in [-0.4, -0.2) is 34.6 Å². The van der Waals surface area contributed by atoms with Gasteiger partial charge in [-0.2, -0.15) is 11.8 Å². The molecule has 76 valence electrons. The number of hydrogen-bond acceptors (Lipinski definition) is 4. The normalized spacial score (nSPS) is 17.9. The molecule has 2 heterocycles. The Labute approximate surface area is 102 Å². The second-order valence-electron chi connectivity index (χ2n) is 3.15. The van der Waals surface area contributed by atoms with Crippen molar-refractivity contribution in [3.63, 3.8) is 0 Å². The Morgan fingerprint density at radius 1 is 1.36 bits per heavy atom. The van der Waals surface area contributed by atoms with Gasteiger partial charge >= 0.3 is 0 Å². The van der Waals surface area contributed by atoms with E-state index in [9.17, 15) is 0 Å². The summed E-state index contributed by atoms with van der Waals surface area (Å²) in [6.07, 6.45) is 4.77. The molecule has 0 unspecified atom stereocenters. The van der Waals surface area contributed by atoms with E-state index in [2.05, 4.69) is 37.5 Å². The van der Waals surface area contributed by atoms with E-state index >= 15 is 0 Å². The van der Waals surface area contributed by atoms with Crippen molar-refractivity contribution in [1.29, 1.82) is 0 Å². The third-order valence-corrected chi connectivity index (χ3v) is 3.98. The van der Waals surface area contributed by atoms with Gasteiger partial charge in [0, 0.05) is 25.0 Å². The maximum Gasteiger partial charge on any atom is 0.145 e. The number of nitrogens with zero attached hydrogens (tertiary/aromatic N) is 3. The van der Waals surface area contributed by atoms with E-state index in [1.807, 2.05) is 18.0 Å². The minimum atomic E-state index is 1.10.